The van der Waals surface area contributed by atoms with Crippen LogP contribution in [0.2, 0.25) is 0 Å². The van der Waals surface area contributed by atoms with E-state index in [2.05, 4.69) is 5.32 Å². The smallest absolute Gasteiger partial charge is 0.150 e. The molecule has 0 fully saturated rings. The van der Waals surface area contributed by atoms with E-state index in [9.17, 15) is 12.8 Å². The first-order chi connectivity index (χ1) is 8.94. The summed E-state index contributed by atoms with van der Waals surface area (Å²) < 4.78 is 35.4. The van der Waals surface area contributed by atoms with Crippen molar-refractivity contribution in [3.05, 3.63) is 35.1 Å². The first-order valence-electron chi connectivity index (χ1n) is 6.61. The molecule has 19 heavy (non-hydrogen) atoms. The molecule has 0 unspecified atom stereocenters. The molecule has 0 bridgehead atoms. The van der Waals surface area contributed by atoms with Crippen molar-refractivity contribution in [1.82, 2.24) is 5.32 Å². The quantitative estimate of drug-likeness (QED) is 0.745. The number of sulfone groups is 1. The zero-order valence-corrected chi connectivity index (χ0v) is 12.4. The Morgan fingerprint density at radius 3 is 2.63 bits per heavy atom. The molecule has 0 aliphatic heterocycles. The number of nitrogens with one attached hydrogen (secondary N) is 1. The van der Waals surface area contributed by atoms with Gasteiger partial charge in [0.2, 0.25) is 0 Å². The van der Waals surface area contributed by atoms with E-state index >= 15 is 0 Å². The van der Waals surface area contributed by atoms with Gasteiger partial charge >= 0.3 is 0 Å². The standard InChI is InChI=1S/C14H22FNO2S/c1-3-19(17,18)10-4-8-16-9-7-13-5-6-14(15)11-12(13)2/h5-6,11,16H,3-4,7-10H2,1-2H3. The Labute approximate surface area is 115 Å². The monoisotopic (exact) mass is 287 g/mol. The number of aryl methyl sites for hydroxylation is 1. The lowest BCUT2D eigenvalue weighted by atomic mass is 10.1. The van der Waals surface area contributed by atoms with Crippen molar-refractivity contribution in [3.8, 4) is 0 Å². The van der Waals surface area contributed by atoms with Crippen molar-refractivity contribution in [2.45, 2.75) is 26.7 Å². The Hall–Kier alpha value is -0.940. The van der Waals surface area contributed by atoms with Crippen LogP contribution in [0, 0.1) is 12.7 Å². The van der Waals surface area contributed by atoms with Gasteiger partial charge in [0.05, 0.1) is 5.75 Å². The molecule has 0 saturated heterocycles. The third-order valence-corrected chi connectivity index (χ3v) is 4.91. The maximum absolute atomic E-state index is 12.9. The van der Waals surface area contributed by atoms with Crippen LogP contribution in [0.25, 0.3) is 0 Å². The minimum Gasteiger partial charge on any atom is -0.316 e. The van der Waals surface area contributed by atoms with Gasteiger partial charge in [-0.3, -0.25) is 0 Å². The highest BCUT2D eigenvalue weighted by Crippen LogP contribution is 2.10. The molecule has 0 atom stereocenters. The second kappa shape index (κ2) is 7.60. The van der Waals surface area contributed by atoms with Crippen LogP contribution >= 0.6 is 0 Å². The van der Waals surface area contributed by atoms with Gasteiger partial charge in [0.15, 0.2) is 0 Å². The van der Waals surface area contributed by atoms with E-state index in [4.69, 9.17) is 0 Å². The second-order valence-electron chi connectivity index (χ2n) is 4.66. The number of rotatable bonds is 8. The second-order valence-corrected chi connectivity index (χ2v) is 7.13. The van der Waals surface area contributed by atoms with E-state index in [1.54, 1.807) is 13.0 Å². The highest BCUT2D eigenvalue weighted by atomic mass is 32.2. The Morgan fingerprint density at radius 1 is 1.26 bits per heavy atom. The predicted molar refractivity (Wildman–Crippen MR) is 76.7 cm³/mol. The summed E-state index contributed by atoms with van der Waals surface area (Å²) in [4.78, 5) is 0. The summed E-state index contributed by atoms with van der Waals surface area (Å²) in [5.74, 6) is 0.243. The van der Waals surface area contributed by atoms with Crippen LogP contribution in [-0.4, -0.2) is 33.0 Å². The lowest BCUT2D eigenvalue weighted by Gasteiger charge is -2.07. The lowest BCUT2D eigenvalue weighted by Crippen LogP contribution is -2.21. The third kappa shape index (κ3) is 6.16. The fourth-order valence-corrected chi connectivity index (χ4v) is 2.72. The van der Waals surface area contributed by atoms with Crippen molar-refractivity contribution in [3.63, 3.8) is 0 Å². The van der Waals surface area contributed by atoms with E-state index in [1.165, 1.54) is 12.1 Å². The number of hydrogen-bond acceptors (Lipinski definition) is 3. The molecule has 0 amide bonds. The molecule has 0 radical (unpaired) electrons. The van der Waals surface area contributed by atoms with E-state index in [0.29, 0.717) is 13.0 Å². The summed E-state index contributed by atoms with van der Waals surface area (Å²) in [5, 5.41) is 3.21. The Bertz CT molecular complexity index is 500. The van der Waals surface area contributed by atoms with Crippen LogP contribution in [0.5, 0.6) is 0 Å². The van der Waals surface area contributed by atoms with Crippen LogP contribution in [0.1, 0.15) is 24.5 Å². The third-order valence-electron chi connectivity index (χ3n) is 3.12. The molecule has 0 spiro atoms. The molecule has 5 heteroatoms. The summed E-state index contributed by atoms with van der Waals surface area (Å²) in [6.07, 6.45) is 1.46. The fraction of sp³-hybridized carbons (Fsp3) is 0.571. The molecule has 0 aliphatic rings. The van der Waals surface area contributed by atoms with Crippen molar-refractivity contribution in [1.29, 1.82) is 0 Å². The van der Waals surface area contributed by atoms with Gasteiger partial charge < -0.3 is 5.32 Å². The first-order valence-corrected chi connectivity index (χ1v) is 8.43. The summed E-state index contributed by atoms with van der Waals surface area (Å²) in [6, 6.07) is 4.80. The fourth-order valence-electron chi connectivity index (χ4n) is 1.85. The van der Waals surface area contributed by atoms with Gasteiger partial charge in [-0.2, -0.15) is 0 Å². The summed E-state index contributed by atoms with van der Waals surface area (Å²) in [6.45, 7) is 5.03. The normalized spacial score (nSPS) is 11.7. The van der Waals surface area contributed by atoms with Crippen LogP contribution in [-0.2, 0) is 16.3 Å². The van der Waals surface area contributed by atoms with Crippen molar-refractivity contribution < 1.29 is 12.8 Å². The largest absolute Gasteiger partial charge is 0.316 e. The van der Waals surface area contributed by atoms with E-state index < -0.39 is 9.84 Å². The summed E-state index contributed by atoms with van der Waals surface area (Å²) >= 11 is 0. The predicted octanol–water partition coefficient (Wildman–Crippen LogP) is 2.09. The van der Waals surface area contributed by atoms with Crippen LogP contribution in [0.3, 0.4) is 0 Å². The molecule has 0 heterocycles. The first kappa shape index (κ1) is 16.1. The van der Waals surface area contributed by atoms with E-state index in [1.807, 2.05) is 6.92 Å². The maximum atomic E-state index is 12.9. The van der Waals surface area contributed by atoms with Gasteiger partial charge in [0, 0.05) is 5.75 Å². The van der Waals surface area contributed by atoms with Crippen LogP contribution < -0.4 is 5.32 Å². The highest BCUT2D eigenvalue weighted by Gasteiger charge is 2.06. The average molecular weight is 287 g/mol. The van der Waals surface area contributed by atoms with E-state index in [-0.39, 0.29) is 17.3 Å². The topological polar surface area (TPSA) is 46.2 Å². The number of hydrogen-bond donors (Lipinski definition) is 1. The van der Waals surface area contributed by atoms with Crippen molar-refractivity contribution >= 4 is 9.84 Å². The maximum Gasteiger partial charge on any atom is 0.150 e. The Morgan fingerprint density at radius 2 is 2.00 bits per heavy atom. The van der Waals surface area contributed by atoms with Crippen LogP contribution in [0.15, 0.2) is 18.2 Å². The molecule has 0 aromatic heterocycles. The van der Waals surface area contributed by atoms with Crippen molar-refractivity contribution in [2.75, 3.05) is 24.6 Å². The van der Waals surface area contributed by atoms with Crippen molar-refractivity contribution in [2.24, 2.45) is 0 Å². The van der Waals surface area contributed by atoms with Gasteiger partial charge in [0.25, 0.3) is 0 Å². The number of benzene rings is 1. The molecule has 0 aliphatic carbocycles. The zero-order chi connectivity index (χ0) is 14.3. The molecule has 1 rings (SSSR count). The summed E-state index contributed by atoms with van der Waals surface area (Å²) in [5.41, 5.74) is 2.07. The highest BCUT2D eigenvalue weighted by molar-refractivity contribution is 7.91. The summed E-state index contributed by atoms with van der Waals surface area (Å²) in [7, 11) is -2.85. The molecular formula is C14H22FNO2S. The molecule has 1 N–H and O–H groups in total. The number of halogens is 1. The molecule has 0 saturated carbocycles. The molecule has 108 valence electrons. The van der Waals surface area contributed by atoms with Gasteiger partial charge in [0.1, 0.15) is 15.7 Å². The van der Waals surface area contributed by atoms with Crippen LogP contribution in [0.4, 0.5) is 4.39 Å². The minimum absolute atomic E-state index is 0.209. The zero-order valence-electron chi connectivity index (χ0n) is 11.6. The Kier molecular flexibility index (Phi) is 6.45. The lowest BCUT2D eigenvalue weighted by molar-refractivity contribution is 0.590. The van der Waals surface area contributed by atoms with Gasteiger partial charge in [-0.05, 0) is 56.1 Å². The van der Waals surface area contributed by atoms with Gasteiger partial charge in [-0.25, -0.2) is 12.8 Å². The SMILES string of the molecule is CCS(=O)(=O)CCCNCCc1ccc(F)cc1C. The molecule has 1 aromatic carbocycles. The van der Waals surface area contributed by atoms with Gasteiger partial charge in [-0.15, -0.1) is 0 Å². The Balaban J connectivity index is 2.21. The molecular weight excluding hydrogens is 265 g/mol. The van der Waals surface area contributed by atoms with E-state index in [0.717, 1.165) is 24.1 Å². The molecule has 1 aromatic rings. The average Bonchev–Trinajstić information content (AvgIpc) is 2.35. The minimum atomic E-state index is -2.85. The molecule has 3 nitrogen and oxygen atoms in total. The van der Waals surface area contributed by atoms with Gasteiger partial charge in [-0.1, -0.05) is 13.0 Å².